The number of rotatable bonds is 14. The summed E-state index contributed by atoms with van der Waals surface area (Å²) in [6.45, 7) is 2.27. The van der Waals surface area contributed by atoms with Gasteiger partial charge in [-0.3, -0.25) is 5.11 Å². The predicted molar refractivity (Wildman–Crippen MR) is 93.7 cm³/mol. The van der Waals surface area contributed by atoms with E-state index in [4.69, 9.17) is 0 Å². The topological polar surface area (TPSA) is 19.9 Å². The molecule has 0 heterocycles. The lowest BCUT2D eigenvalue weighted by molar-refractivity contribution is 0.352. The van der Waals surface area contributed by atoms with Crippen LogP contribution in [0.2, 0.25) is 0 Å². The quantitative estimate of drug-likeness (QED) is 0.188. The van der Waals surface area contributed by atoms with Crippen LogP contribution in [0.4, 0.5) is 0 Å². The molecule has 0 fully saturated rings. The molecule has 1 heteroatoms. The number of hydrogen-bond donors (Lipinski definition) is 0. The van der Waals surface area contributed by atoms with E-state index in [9.17, 15) is 5.11 Å². The van der Waals surface area contributed by atoms with Gasteiger partial charge in [-0.2, -0.15) is 0 Å². The molecule has 0 rings (SSSR count). The molecule has 0 atom stereocenters. The molecule has 0 aliphatic rings. The smallest absolute Gasteiger partial charge is 0.142 e. The Morgan fingerprint density at radius 2 is 1.05 bits per heavy atom. The zero-order valence-corrected chi connectivity index (χ0v) is 13.8. The van der Waals surface area contributed by atoms with E-state index in [-0.39, 0.29) is 0 Å². The van der Waals surface area contributed by atoms with Crippen molar-refractivity contribution < 1.29 is 5.11 Å². The van der Waals surface area contributed by atoms with Crippen LogP contribution in [-0.2, 0) is 5.11 Å². The summed E-state index contributed by atoms with van der Waals surface area (Å²) in [6, 6.07) is 0. The second kappa shape index (κ2) is 18.8. The molecule has 0 saturated carbocycles. The molecule has 0 unspecified atom stereocenters. The van der Waals surface area contributed by atoms with E-state index in [1.54, 1.807) is 6.08 Å². The van der Waals surface area contributed by atoms with Crippen molar-refractivity contribution in [3.05, 3.63) is 48.8 Å². The SMILES string of the molecule is CCCCCCCCCCCC/C=C/C=C/C=C/C=C/[O]. The van der Waals surface area contributed by atoms with Crippen molar-refractivity contribution >= 4 is 0 Å². The second-order valence-electron chi connectivity index (χ2n) is 5.50. The van der Waals surface area contributed by atoms with E-state index in [1.807, 2.05) is 18.2 Å². The third-order valence-corrected chi connectivity index (χ3v) is 3.49. The van der Waals surface area contributed by atoms with Crippen molar-refractivity contribution in [2.24, 2.45) is 0 Å². The summed E-state index contributed by atoms with van der Waals surface area (Å²) in [5.41, 5.74) is 0. The number of allylic oxidation sites excluding steroid dienone is 7. The minimum Gasteiger partial charge on any atom is -0.299 e. The number of unbranched alkanes of at least 4 members (excludes halogenated alkanes) is 10. The molecular weight excluding hydrogens is 256 g/mol. The van der Waals surface area contributed by atoms with Crippen LogP contribution in [0.3, 0.4) is 0 Å². The van der Waals surface area contributed by atoms with Crippen molar-refractivity contribution in [3.8, 4) is 0 Å². The second-order valence-corrected chi connectivity index (χ2v) is 5.50. The maximum absolute atomic E-state index is 10.0. The Balaban J connectivity index is 3.21. The molecule has 0 spiro atoms. The van der Waals surface area contributed by atoms with Crippen LogP contribution in [0.1, 0.15) is 77.6 Å². The van der Waals surface area contributed by atoms with Crippen LogP contribution in [0.5, 0.6) is 0 Å². The summed E-state index contributed by atoms with van der Waals surface area (Å²) in [5, 5.41) is 10.0. The van der Waals surface area contributed by atoms with Crippen LogP contribution in [0.25, 0.3) is 0 Å². The van der Waals surface area contributed by atoms with E-state index in [0.29, 0.717) is 0 Å². The lowest BCUT2D eigenvalue weighted by Crippen LogP contribution is -1.81. The summed E-state index contributed by atoms with van der Waals surface area (Å²) in [6.07, 6.45) is 29.2. The van der Waals surface area contributed by atoms with Gasteiger partial charge in [-0.1, -0.05) is 101 Å². The Kier molecular flexibility index (Phi) is 17.7. The molecular formula is C20H33O. The maximum Gasteiger partial charge on any atom is 0.142 e. The minimum atomic E-state index is 0.783. The van der Waals surface area contributed by atoms with E-state index >= 15 is 0 Å². The fourth-order valence-electron chi connectivity index (χ4n) is 2.23. The molecule has 0 aliphatic heterocycles. The lowest BCUT2D eigenvalue weighted by atomic mass is 10.1. The van der Waals surface area contributed by atoms with Crippen molar-refractivity contribution in [1.82, 2.24) is 0 Å². The van der Waals surface area contributed by atoms with Gasteiger partial charge in [-0.15, -0.1) is 0 Å². The third kappa shape index (κ3) is 18.8. The molecule has 0 N–H and O–H groups in total. The first kappa shape index (κ1) is 19.8. The van der Waals surface area contributed by atoms with Gasteiger partial charge in [0.15, 0.2) is 0 Å². The van der Waals surface area contributed by atoms with Gasteiger partial charge in [0.2, 0.25) is 0 Å². The van der Waals surface area contributed by atoms with E-state index in [1.165, 1.54) is 76.7 Å². The van der Waals surface area contributed by atoms with Gasteiger partial charge < -0.3 is 0 Å². The van der Waals surface area contributed by atoms with E-state index in [2.05, 4.69) is 19.1 Å². The van der Waals surface area contributed by atoms with Crippen LogP contribution < -0.4 is 0 Å². The van der Waals surface area contributed by atoms with Gasteiger partial charge in [-0.05, 0) is 18.9 Å². The predicted octanol–water partition coefficient (Wildman–Crippen LogP) is 6.91. The first-order valence-corrected chi connectivity index (χ1v) is 8.68. The minimum absolute atomic E-state index is 0.783. The molecule has 21 heavy (non-hydrogen) atoms. The van der Waals surface area contributed by atoms with Gasteiger partial charge in [0, 0.05) is 0 Å². The summed E-state index contributed by atoms with van der Waals surface area (Å²) in [7, 11) is 0. The van der Waals surface area contributed by atoms with Crippen LogP contribution in [0, 0.1) is 0 Å². The molecule has 0 aliphatic carbocycles. The molecule has 0 aromatic rings. The molecule has 0 bridgehead atoms. The van der Waals surface area contributed by atoms with E-state index in [0.717, 1.165) is 6.26 Å². The molecule has 119 valence electrons. The fourth-order valence-corrected chi connectivity index (χ4v) is 2.23. The van der Waals surface area contributed by atoms with Crippen molar-refractivity contribution in [2.45, 2.75) is 77.6 Å². The summed E-state index contributed by atoms with van der Waals surface area (Å²) in [4.78, 5) is 0. The van der Waals surface area contributed by atoms with Crippen LogP contribution in [-0.4, -0.2) is 0 Å². The van der Waals surface area contributed by atoms with Gasteiger partial charge in [0.25, 0.3) is 0 Å². The average molecular weight is 289 g/mol. The molecule has 1 radical (unpaired) electrons. The van der Waals surface area contributed by atoms with Crippen molar-refractivity contribution in [2.75, 3.05) is 0 Å². The van der Waals surface area contributed by atoms with Crippen LogP contribution in [0.15, 0.2) is 48.8 Å². The average Bonchev–Trinajstić information content (AvgIpc) is 2.50. The van der Waals surface area contributed by atoms with Crippen molar-refractivity contribution in [3.63, 3.8) is 0 Å². The Bertz CT molecular complexity index is 297. The highest BCUT2D eigenvalue weighted by molar-refractivity contribution is 5.14. The Hall–Kier alpha value is -1.24. The monoisotopic (exact) mass is 289 g/mol. The van der Waals surface area contributed by atoms with Gasteiger partial charge in [0.05, 0.1) is 0 Å². The number of hydrogen-bond acceptors (Lipinski definition) is 0. The lowest BCUT2D eigenvalue weighted by Gasteiger charge is -2.01. The molecule has 0 amide bonds. The van der Waals surface area contributed by atoms with Gasteiger partial charge >= 0.3 is 0 Å². The van der Waals surface area contributed by atoms with Gasteiger partial charge in [0.1, 0.15) is 6.26 Å². The fraction of sp³-hybridized carbons (Fsp3) is 0.600. The van der Waals surface area contributed by atoms with Gasteiger partial charge in [-0.25, -0.2) is 0 Å². The summed E-state index contributed by atoms with van der Waals surface area (Å²) >= 11 is 0. The third-order valence-electron chi connectivity index (χ3n) is 3.49. The molecule has 0 aromatic carbocycles. The zero-order valence-electron chi connectivity index (χ0n) is 13.8. The Morgan fingerprint density at radius 3 is 1.62 bits per heavy atom. The molecule has 1 nitrogen and oxygen atoms in total. The van der Waals surface area contributed by atoms with Crippen LogP contribution >= 0.6 is 0 Å². The molecule has 0 aromatic heterocycles. The zero-order chi connectivity index (χ0) is 15.4. The largest absolute Gasteiger partial charge is 0.299 e. The first-order chi connectivity index (χ1) is 10.4. The molecule has 0 saturated heterocycles. The van der Waals surface area contributed by atoms with E-state index < -0.39 is 0 Å². The van der Waals surface area contributed by atoms with Crippen molar-refractivity contribution in [1.29, 1.82) is 0 Å². The summed E-state index contributed by atoms with van der Waals surface area (Å²) < 4.78 is 0. The highest BCUT2D eigenvalue weighted by Gasteiger charge is 1.91. The highest BCUT2D eigenvalue weighted by Crippen LogP contribution is 2.11. The Labute approximate surface area is 132 Å². The normalized spacial score (nSPS) is 12.6. The standard InChI is InChI=1S/C20H33O/c1-2-3-4-5-6-7-8-9-10-11-12-13-14-15-16-17-18-19-20-21/h13-20H,2-12H2,1H3/b14-13+,16-15+,18-17+,20-19+. The highest BCUT2D eigenvalue weighted by atomic mass is 16.2. The first-order valence-electron chi connectivity index (χ1n) is 8.68. The Morgan fingerprint density at radius 1 is 0.571 bits per heavy atom. The maximum atomic E-state index is 10.0. The summed E-state index contributed by atoms with van der Waals surface area (Å²) in [5.74, 6) is 0.